The molecule has 116 valence electrons. The van der Waals surface area contributed by atoms with Crippen molar-refractivity contribution in [2.75, 3.05) is 6.26 Å². The number of aryl methyl sites for hydroxylation is 1. The molecule has 0 amide bonds. The Kier molecular flexibility index (Phi) is 3.79. The largest absolute Gasteiger partial charge is 0.251 e. The van der Waals surface area contributed by atoms with E-state index in [1.807, 2.05) is 25.1 Å². The summed E-state index contributed by atoms with van der Waals surface area (Å²) < 4.78 is 25.8. The first-order valence-corrected chi connectivity index (χ1v) is 9.79. The summed E-state index contributed by atoms with van der Waals surface area (Å²) in [7, 11) is -3.38. The molecule has 0 spiro atoms. The van der Waals surface area contributed by atoms with Gasteiger partial charge in [0.1, 0.15) is 0 Å². The van der Waals surface area contributed by atoms with Gasteiger partial charge in [-0.15, -0.1) is 11.3 Å². The summed E-state index contributed by atoms with van der Waals surface area (Å²) in [5, 5.41) is 8.08. The number of hydrogen-bond acceptors (Lipinski definition) is 4. The van der Waals surface area contributed by atoms with Gasteiger partial charge in [0.15, 0.2) is 0 Å². The fourth-order valence-corrected chi connectivity index (χ4v) is 4.60. The van der Waals surface area contributed by atoms with Crippen LogP contribution in [0.1, 0.15) is 22.5 Å². The lowest BCUT2D eigenvalue weighted by atomic mass is 10.0. The average Bonchev–Trinajstić information content (AvgIpc) is 2.94. The minimum atomic E-state index is -3.38. The molecular weight excluding hydrogens is 340 g/mol. The molecule has 0 aliphatic heterocycles. The lowest BCUT2D eigenvalue weighted by Crippen LogP contribution is -2.13. The SMILES string of the molecule is Cc1nn(S(C)(=O)=O)c(C)c1Cc1csc2ccc(Cl)cc12. The zero-order valence-corrected chi connectivity index (χ0v) is 14.8. The number of hydrogen-bond donors (Lipinski definition) is 0. The van der Waals surface area contributed by atoms with Gasteiger partial charge in [0.25, 0.3) is 10.0 Å². The van der Waals surface area contributed by atoms with Gasteiger partial charge in [-0.1, -0.05) is 11.6 Å². The van der Waals surface area contributed by atoms with Crippen LogP contribution in [-0.4, -0.2) is 23.9 Å². The fraction of sp³-hybridized carbons (Fsp3) is 0.267. The highest BCUT2D eigenvalue weighted by molar-refractivity contribution is 7.89. The van der Waals surface area contributed by atoms with Crippen molar-refractivity contribution in [2.24, 2.45) is 0 Å². The monoisotopic (exact) mass is 354 g/mol. The molecule has 3 aromatic rings. The summed E-state index contributed by atoms with van der Waals surface area (Å²) in [4.78, 5) is 0. The summed E-state index contributed by atoms with van der Waals surface area (Å²) in [5.41, 5.74) is 3.50. The highest BCUT2D eigenvalue weighted by atomic mass is 35.5. The van der Waals surface area contributed by atoms with Crippen molar-refractivity contribution in [1.82, 2.24) is 9.19 Å². The van der Waals surface area contributed by atoms with Crippen molar-refractivity contribution in [3.63, 3.8) is 0 Å². The Morgan fingerprint density at radius 3 is 2.68 bits per heavy atom. The van der Waals surface area contributed by atoms with Gasteiger partial charge < -0.3 is 0 Å². The van der Waals surface area contributed by atoms with Gasteiger partial charge in [0, 0.05) is 21.7 Å². The van der Waals surface area contributed by atoms with Gasteiger partial charge in [-0.05, 0) is 48.4 Å². The third kappa shape index (κ3) is 2.66. The minimum Gasteiger partial charge on any atom is -0.205 e. The highest BCUT2D eigenvalue weighted by Gasteiger charge is 2.18. The molecule has 0 aliphatic rings. The number of fused-ring (bicyclic) bond motifs is 1. The molecule has 7 heteroatoms. The predicted molar refractivity (Wildman–Crippen MR) is 91.6 cm³/mol. The number of thiophene rings is 1. The minimum absolute atomic E-state index is 0.646. The maximum absolute atomic E-state index is 11.8. The van der Waals surface area contributed by atoms with Crippen molar-refractivity contribution < 1.29 is 8.42 Å². The molecule has 0 saturated heterocycles. The van der Waals surface area contributed by atoms with E-state index in [2.05, 4.69) is 10.5 Å². The molecule has 0 radical (unpaired) electrons. The Balaban J connectivity index is 2.10. The first-order chi connectivity index (χ1) is 10.3. The molecule has 0 saturated carbocycles. The van der Waals surface area contributed by atoms with Crippen LogP contribution in [0.4, 0.5) is 0 Å². The first-order valence-electron chi connectivity index (χ1n) is 6.68. The van der Waals surface area contributed by atoms with Crippen molar-refractivity contribution in [3.8, 4) is 0 Å². The van der Waals surface area contributed by atoms with Crippen molar-refractivity contribution in [2.45, 2.75) is 20.3 Å². The van der Waals surface area contributed by atoms with Gasteiger partial charge in [-0.25, -0.2) is 8.42 Å². The Labute approximate surface area is 138 Å². The van der Waals surface area contributed by atoms with E-state index in [1.165, 1.54) is 4.70 Å². The van der Waals surface area contributed by atoms with Gasteiger partial charge in [-0.2, -0.15) is 9.19 Å². The van der Waals surface area contributed by atoms with Crippen LogP contribution in [0.5, 0.6) is 0 Å². The Bertz CT molecular complexity index is 971. The summed E-state index contributed by atoms with van der Waals surface area (Å²) in [6, 6.07) is 5.84. The zero-order valence-electron chi connectivity index (χ0n) is 12.4. The summed E-state index contributed by atoms with van der Waals surface area (Å²) in [5.74, 6) is 0. The lowest BCUT2D eigenvalue weighted by molar-refractivity contribution is 0.584. The third-order valence-corrected chi connectivity index (χ3v) is 5.93. The molecule has 0 atom stereocenters. The van der Waals surface area contributed by atoms with Crippen LogP contribution >= 0.6 is 22.9 Å². The van der Waals surface area contributed by atoms with E-state index in [0.29, 0.717) is 17.1 Å². The van der Waals surface area contributed by atoms with Crippen LogP contribution in [0.3, 0.4) is 0 Å². The first kappa shape index (κ1) is 15.5. The van der Waals surface area contributed by atoms with Gasteiger partial charge in [0.2, 0.25) is 0 Å². The van der Waals surface area contributed by atoms with Crippen LogP contribution in [-0.2, 0) is 16.4 Å². The van der Waals surface area contributed by atoms with Crippen molar-refractivity contribution in [3.05, 3.63) is 51.1 Å². The third-order valence-electron chi connectivity index (χ3n) is 3.70. The van der Waals surface area contributed by atoms with Crippen LogP contribution in [0.15, 0.2) is 23.6 Å². The van der Waals surface area contributed by atoms with Crippen molar-refractivity contribution >= 4 is 43.0 Å². The second-order valence-corrected chi connectivity index (χ2v) is 8.49. The molecule has 0 fully saturated rings. The average molecular weight is 355 g/mol. The predicted octanol–water partition coefficient (Wildman–Crippen LogP) is 3.77. The molecule has 2 aromatic heterocycles. The van der Waals surface area contributed by atoms with Gasteiger partial charge in [0.05, 0.1) is 17.6 Å². The van der Waals surface area contributed by atoms with E-state index < -0.39 is 10.0 Å². The van der Waals surface area contributed by atoms with E-state index >= 15 is 0 Å². The lowest BCUT2D eigenvalue weighted by Gasteiger charge is -2.03. The van der Waals surface area contributed by atoms with Crippen LogP contribution in [0.2, 0.25) is 5.02 Å². The summed E-state index contributed by atoms with van der Waals surface area (Å²) in [6.45, 7) is 3.63. The second-order valence-electron chi connectivity index (χ2n) is 5.33. The molecule has 22 heavy (non-hydrogen) atoms. The molecular formula is C15H15ClN2O2S2. The Morgan fingerprint density at radius 2 is 2.05 bits per heavy atom. The van der Waals surface area contributed by atoms with E-state index in [0.717, 1.165) is 32.5 Å². The molecule has 2 heterocycles. The Hall–Kier alpha value is -1.37. The quantitative estimate of drug-likeness (QED) is 0.719. The van der Waals surface area contributed by atoms with Crippen molar-refractivity contribution in [1.29, 1.82) is 0 Å². The summed E-state index contributed by atoms with van der Waals surface area (Å²) in [6.07, 6.45) is 1.81. The molecule has 4 nitrogen and oxygen atoms in total. The van der Waals surface area contributed by atoms with Crippen LogP contribution in [0.25, 0.3) is 10.1 Å². The van der Waals surface area contributed by atoms with E-state index in [4.69, 9.17) is 11.6 Å². The number of benzene rings is 1. The highest BCUT2D eigenvalue weighted by Crippen LogP contribution is 2.31. The normalized spacial score (nSPS) is 12.2. The molecule has 0 N–H and O–H groups in total. The molecule has 1 aromatic carbocycles. The van der Waals surface area contributed by atoms with Gasteiger partial charge in [-0.3, -0.25) is 0 Å². The molecule has 3 rings (SSSR count). The fourth-order valence-electron chi connectivity index (χ4n) is 2.61. The maximum Gasteiger partial charge on any atom is 0.251 e. The molecule has 0 unspecified atom stereocenters. The number of halogens is 1. The van der Waals surface area contributed by atoms with Crippen LogP contribution in [0, 0.1) is 13.8 Å². The number of aromatic nitrogens is 2. The van der Waals surface area contributed by atoms with E-state index in [9.17, 15) is 8.42 Å². The van der Waals surface area contributed by atoms with E-state index in [-0.39, 0.29) is 0 Å². The smallest absolute Gasteiger partial charge is 0.205 e. The zero-order chi connectivity index (χ0) is 16.1. The topological polar surface area (TPSA) is 52.0 Å². The standard InChI is InChI=1S/C15H15ClN2O2S2/c1-9-13(10(2)18(17-9)22(3,19)20)6-11-8-21-15-5-4-12(16)7-14(11)15/h4-5,7-8H,6H2,1-3H3. The Morgan fingerprint density at radius 1 is 1.32 bits per heavy atom. The van der Waals surface area contributed by atoms with Gasteiger partial charge >= 0.3 is 0 Å². The van der Waals surface area contributed by atoms with Crippen LogP contribution < -0.4 is 0 Å². The number of rotatable bonds is 3. The molecule has 0 aliphatic carbocycles. The molecule has 0 bridgehead atoms. The van der Waals surface area contributed by atoms with E-state index in [1.54, 1.807) is 18.3 Å². The second kappa shape index (κ2) is 5.37. The maximum atomic E-state index is 11.8. The number of nitrogens with zero attached hydrogens (tertiary/aromatic N) is 2. The summed E-state index contributed by atoms with van der Waals surface area (Å²) >= 11 is 7.75.